The minimum atomic E-state index is -0.529. The van der Waals surface area contributed by atoms with Gasteiger partial charge in [0.25, 0.3) is 5.91 Å². The Bertz CT molecular complexity index is 1200. The first-order valence-corrected chi connectivity index (χ1v) is 13.0. The molecule has 0 saturated heterocycles. The molecule has 3 aromatic rings. The molecule has 0 fully saturated rings. The lowest BCUT2D eigenvalue weighted by molar-refractivity contribution is -0.147. The highest BCUT2D eigenvalue weighted by Crippen LogP contribution is 2.25. The number of carbonyl (C=O) groups excluding carboxylic acids is 3. The van der Waals surface area contributed by atoms with Crippen LogP contribution in [0.2, 0.25) is 0 Å². The third-order valence-corrected chi connectivity index (χ3v) is 6.08. The molecule has 0 aliphatic rings. The summed E-state index contributed by atoms with van der Waals surface area (Å²) in [6, 6.07) is 20.0. The van der Waals surface area contributed by atoms with E-state index >= 15 is 0 Å². The van der Waals surface area contributed by atoms with Gasteiger partial charge in [-0.3, -0.25) is 14.4 Å². The number of hydrogen-bond acceptors (Lipinski definition) is 5. The number of rotatable bonds is 11. The lowest BCUT2D eigenvalue weighted by atomic mass is 10.1. The standard InChI is InChI=1S/C27H26Br2N2O5/c1-2-18-16-20(29)8-15-24(18)31-26(33)17-35-27(34)5-3-4-25(32)30-21-9-13-23(14-10-21)36-22-11-6-19(28)7-12-22/h6-16H,2-5,17H2,1H3,(H,30,32)(H,31,33). The summed E-state index contributed by atoms with van der Waals surface area (Å²) in [6.45, 7) is 1.61. The van der Waals surface area contributed by atoms with E-state index in [-0.39, 0.29) is 25.4 Å². The number of aryl methyl sites for hydroxylation is 1. The number of ether oxygens (including phenoxy) is 2. The highest BCUT2D eigenvalue weighted by molar-refractivity contribution is 9.10. The first-order chi connectivity index (χ1) is 17.3. The second kappa shape index (κ2) is 13.8. The van der Waals surface area contributed by atoms with Crippen molar-refractivity contribution in [3.8, 4) is 11.5 Å². The Kier molecular flexibility index (Phi) is 10.5. The number of nitrogens with one attached hydrogen (secondary N) is 2. The van der Waals surface area contributed by atoms with Gasteiger partial charge >= 0.3 is 5.97 Å². The van der Waals surface area contributed by atoms with Gasteiger partial charge < -0.3 is 20.1 Å². The zero-order chi connectivity index (χ0) is 25.9. The molecule has 0 aromatic heterocycles. The molecule has 0 atom stereocenters. The van der Waals surface area contributed by atoms with Crippen molar-refractivity contribution in [2.75, 3.05) is 17.2 Å². The largest absolute Gasteiger partial charge is 0.457 e. The molecule has 0 heterocycles. The topological polar surface area (TPSA) is 93.7 Å². The summed E-state index contributed by atoms with van der Waals surface area (Å²) in [5.74, 6) is 0.195. The molecule has 36 heavy (non-hydrogen) atoms. The van der Waals surface area contributed by atoms with Crippen LogP contribution in [0.4, 0.5) is 11.4 Å². The number of esters is 1. The van der Waals surface area contributed by atoms with Crippen molar-refractivity contribution >= 4 is 61.0 Å². The summed E-state index contributed by atoms with van der Waals surface area (Å²) in [6.07, 6.45) is 1.25. The van der Waals surface area contributed by atoms with Crippen LogP contribution in [-0.4, -0.2) is 24.4 Å². The highest BCUT2D eigenvalue weighted by atomic mass is 79.9. The van der Waals surface area contributed by atoms with Crippen LogP contribution >= 0.6 is 31.9 Å². The average molecular weight is 618 g/mol. The molecule has 0 aliphatic heterocycles. The Morgan fingerprint density at radius 3 is 2.08 bits per heavy atom. The second-order valence-electron chi connectivity index (χ2n) is 7.85. The van der Waals surface area contributed by atoms with Crippen LogP contribution in [0.5, 0.6) is 11.5 Å². The van der Waals surface area contributed by atoms with Gasteiger partial charge in [0.1, 0.15) is 11.5 Å². The van der Waals surface area contributed by atoms with Crippen molar-refractivity contribution < 1.29 is 23.9 Å². The number of hydrogen-bond donors (Lipinski definition) is 2. The maximum atomic E-state index is 12.2. The van der Waals surface area contributed by atoms with Gasteiger partial charge in [-0.2, -0.15) is 0 Å². The van der Waals surface area contributed by atoms with Gasteiger partial charge in [0.15, 0.2) is 6.61 Å². The second-order valence-corrected chi connectivity index (χ2v) is 9.68. The van der Waals surface area contributed by atoms with Gasteiger partial charge in [0.05, 0.1) is 0 Å². The van der Waals surface area contributed by atoms with Crippen molar-refractivity contribution in [3.05, 3.63) is 81.2 Å². The van der Waals surface area contributed by atoms with Gasteiger partial charge in [-0.25, -0.2) is 0 Å². The molecule has 0 saturated carbocycles. The van der Waals surface area contributed by atoms with Crippen molar-refractivity contribution in [2.45, 2.75) is 32.6 Å². The van der Waals surface area contributed by atoms with Gasteiger partial charge in [0, 0.05) is 33.2 Å². The fraction of sp³-hybridized carbons (Fsp3) is 0.222. The summed E-state index contributed by atoms with van der Waals surface area (Å²) in [4.78, 5) is 36.3. The smallest absolute Gasteiger partial charge is 0.306 e. The van der Waals surface area contributed by atoms with Crippen LogP contribution < -0.4 is 15.4 Å². The average Bonchev–Trinajstić information content (AvgIpc) is 2.86. The molecule has 9 heteroatoms. The predicted octanol–water partition coefficient (Wildman–Crippen LogP) is 6.86. The third kappa shape index (κ3) is 9.13. The molecule has 7 nitrogen and oxygen atoms in total. The van der Waals surface area contributed by atoms with Crippen LogP contribution in [0.15, 0.2) is 75.7 Å². The molecular formula is C27H26Br2N2O5. The molecule has 0 radical (unpaired) electrons. The maximum Gasteiger partial charge on any atom is 0.306 e. The lowest BCUT2D eigenvalue weighted by Crippen LogP contribution is -2.21. The Morgan fingerprint density at radius 2 is 1.42 bits per heavy atom. The fourth-order valence-electron chi connectivity index (χ4n) is 3.24. The maximum absolute atomic E-state index is 12.2. The van der Waals surface area contributed by atoms with Crippen LogP contribution in [0.1, 0.15) is 31.7 Å². The zero-order valence-corrected chi connectivity index (χ0v) is 22.9. The molecule has 0 spiro atoms. The van der Waals surface area contributed by atoms with Crippen LogP contribution in [0, 0.1) is 0 Å². The summed E-state index contributed by atoms with van der Waals surface area (Å²) in [5.41, 5.74) is 2.29. The minimum absolute atomic E-state index is 0.0408. The van der Waals surface area contributed by atoms with E-state index in [1.807, 2.05) is 43.3 Å². The van der Waals surface area contributed by atoms with Crippen LogP contribution in [0.25, 0.3) is 0 Å². The summed E-state index contributed by atoms with van der Waals surface area (Å²) in [5, 5.41) is 5.54. The lowest BCUT2D eigenvalue weighted by Gasteiger charge is -2.11. The fourth-order valence-corrected chi connectivity index (χ4v) is 3.92. The van der Waals surface area contributed by atoms with E-state index in [9.17, 15) is 14.4 Å². The quantitative estimate of drug-likeness (QED) is 0.229. The first kappa shape index (κ1) is 27.4. The number of halogens is 2. The molecule has 188 valence electrons. The van der Waals surface area contributed by atoms with E-state index in [0.717, 1.165) is 20.9 Å². The van der Waals surface area contributed by atoms with Gasteiger partial charge in [-0.1, -0.05) is 38.8 Å². The molecule has 0 unspecified atom stereocenters. The predicted molar refractivity (Wildman–Crippen MR) is 146 cm³/mol. The van der Waals surface area contributed by atoms with E-state index in [2.05, 4.69) is 42.5 Å². The number of benzene rings is 3. The summed E-state index contributed by atoms with van der Waals surface area (Å²) >= 11 is 6.79. The van der Waals surface area contributed by atoms with Gasteiger partial charge in [-0.05, 0) is 85.1 Å². The van der Waals surface area contributed by atoms with E-state index < -0.39 is 11.9 Å². The monoisotopic (exact) mass is 616 g/mol. The van der Waals surface area contributed by atoms with Crippen LogP contribution in [-0.2, 0) is 25.5 Å². The van der Waals surface area contributed by atoms with Crippen molar-refractivity contribution in [2.24, 2.45) is 0 Å². The van der Waals surface area contributed by atoms with Crippen molar-refractivity contribution in [1.82, 2.24) is 0 Å². The molecule has 3 rings (SSSR count). The van der Waals surface area contributed by atoms with E-state index in [1.165, 1.54) is 0 Å². The molecular weight excluding hydrogens is 592 g/mol. The third-order valence-electron chi connectivity index (χ3n) is 5.06. The first-order valence-electron chi connectivity index (χ1n) is 11.4. The summed E-state index contributed by atoms with van der Waals surface area (Å²) < 4.78 is 12.7. The molecule has 3 aromatic carbocycles. The van der Waals surface area contributed by atoms with E-state index in [4.69, 9.17) is 9.47 Å². The van der Waals surface area contributed by atoms with Gasteiger partial charge in [-0.15, -0.1) is 0 Å². The SMILES string of the molecule is CCc1cc(Br)ccc1NC(=O)COC(=O)CCCC(=O)Nc1ccc(Oc2ccc(Br)cc2)cc1. The van der Waals surface area contributed by atoms with Crippen LogP contribution in [0.3, 0.4) is 0 Å². The Balaban J connectivity index is 1.34. The van der Waals surface area contributed by atoms with Crippen molar-refractivity contribution in [1.29, 1.82) is 0 Å². The van der Waals surface area contributed by atoms with E-state index in [0.29, 0.717) is 29.3 Å². The Labute approximate surface area is 226 Å². The number of anilines is 2. The molecule has 0 bridgehead atoms. The molecule has 2 N–H and O–H groups in total. The van der Waals surface area contributed by atoms with Crippen molar-refractivity contribution in [3.63, 3.8) is 0 Å². The Hall–Kier alpha value is -3.17. The zero-order valence-electron chi connectivity index (χ0n) is 19.7. The molecule has 0 aliphatic carbocycles. The number of amides is 2. The molecule has 2 amide bonds. The Morgan fingerprint density at radius 1 is 0.778 bits per heavy atom. The van der Waals surface area contributed by atoms with Gasteiger partial charge in [0.2, 0.25) is 5.91 Å². The normalized spacial score (nSPS) is 10.4. The van der Waals surface area contributed by atoms with E-state index in [1.54, 1.807) is 30.3 Å². The number of carbonyl (C=O) groups is 3. The minimum Gasteiger partial charge on any atom is -0.457 e. The highest BCUT2D eigenvalue weighted by Gasteiger charge is 2.11. The summed E-state index contributed by atoms with van der Waals surface area (Å²) in [7, 11) is 0.